The van der Waals surface area contributed by atoms with Crippen molar-refractivity contribution in [2.75, 3.05) is 0 Å². The number of hydrogen-bond donors (Lipinski definition) is 1. The molecule has 1 aromatic carbocycles. The zero-order chi connectivity index (χ0) is 12.5. The second kappa shape index (κ2) is 4.78. The number of aromatic amines is 1. The van der Waals surface area contributed by atoms with Crippen molar-refractivity contribution in [1.29, 1.82) is 0 Å². The summed E-state index contributed by atoms with van der Waals surface area (Å²) in [6.45, 7) is 2.07. The fraction of sp³-hybridized carbons (Fsp3) is 0.0714. The monoisotopic (exact) mass is 318 g/mol. The number of para-hydroxylation sites is 1. The summed E-state index contributed by atoms with van der Waals surface area (Å²) in [5.41, 5.74) is 2.35. The predicted molar refractivity (Wildman–Crippen MR) is 79.1 cm³/mol. The van der Waals surface area contributed by atoms with Crippen LogP contribution in [0.25, 0.3) is 10.9 Å². The smallest absolute Gasteiger partial charge is 0.117 e. The molecular weight excluding hydrogens is 308 g/mol. The van der Waals surface area contributed by atoms with Gasteiger partial charge in [0.2, 0.25) is 0 Å². The topological polar surface area (TPSA) is 28.7 Å². The molecule has 2 nitrogen and oxygen atoms in total. The number of nitrogens with one attached hydrogen (secondary N) is 1. The highest BCUT2D eigenvalue weighted by Crippen LogP contribution is 2.34. The maximum Gasteiger partial charge on any atom is 0.117 e. The van der Waals surface area contributed by atoms with Crippen molar-refractivity contribution in [3.63, 3.8) is 0 Å². The Bertz CT molecular complexity index is 673. The summed E-state index contributed by atoms with van der Waals surface area (Å²) in [6.07, 6.45) is 1.84. The molecule has 0 aliphatic carbocycles. The molecule has 4 heteroatoms. The number of pyridine rings is 1. The van der Waals surface area contributed by atoms with Gasteiger partial charge in [0.05, 0.1) is 9.50 Å². The Balaban J connectivity index is 1.99. The molecule has 2 heterocycles. The number of nitrogens with zero attached hydrogens (tertiary/aromatic N) is 1. The fourth-order valence-electron chi connectivity index (χ4n) is 1.79. The van der Waals surface area contributed by atoms with Gasteiger partial charge < -0.3 is 4.98 Å². The van der Waals surface area contributed by atoms with E-state index in [1.165, 1.54) is 10.9 Å². The van der Waals surface area contributed by atoms with Crippen LogP contribution in [-0.2, 0) is 0 Å². The third-order valence-electron chi connectivity index (χ3n) is 2.76. The van der Waals surface area contributed by atoms with Crippen LogP contribution in [0.1, 0.15) is 5.56 Å². The van der Waals surface area contributed by atoms with Gasteiger partial charge in [-0.1, -0.05) is 30.0 Å². The molecule has 0 aliphatic rings. The van der Waals surface area contributed by atoms with E-state index in [4.69, 9.17) is 0 Å². The van der Waals surface area contributed by atoms with Gasteiger partial charge in [-0.15, -0.1) is 0 Å². The molecule has 18 heavy (non-hydrogen) atoms. The number of H-pyrrole nitrogens is 1. The molecule has 90 valence electrons. The first-order valence-electron chi connectivity index (χ1n) is 5.61. The van der Waals surface area contributed by atoms with Gasteiger partial charge in [-0.25, -0.2) is 4.98 Å². The standard InChI is InChI=1S/C14H11BrN2S/c1-9-6-7-16-14(13(9)15)18-12-8-10-4-2-3-5-11(10)17-12/h2-8,17H,1H3. The maximum absolute atomic E-state index is 4.40. The van der Waals surface area contributed by atoms with Crippen molar-refractivity contribution in [1.82, 2.24) is 9.97 Å². The molecule has 2 aromatic heterocycles. The van der Waals surface area contributed by atoms with Gasteiger partial charge in [0, 0.05) is 17.1 Å². The summed E-state index contributed by atoms with van der Waals surface area (Å²) in [5.74, 6) is 0. The van der Waals surface area contributed by atoms with Crippen LogP contribution >= 0.6 is 27.7 Å². The molecule has 3 aromatic rings. The molecule has 1 N–H and O–H groups in total. The van der Waals surface area contributed by atoms with Crippen LogP contribution in [-0.4, -0.2) is 9.97 Å². The molecule has 0 bridgehead atoms. The zero-order valence-corrected chi connectivity index (χ0v) is 12.2. The first-order chi connectivity index (χ1) is 8.74. The van der Waals surface area contributed by atoms with Crippen LogP contribution < -0.4 is 0 Å². The Kier molecular flexibility index (Phi) is 3.14. The second-order valence-corrected chi connectivity index (χ2v) is 5.89. The van der Waals surface area contributed by atoms with E-state index in [1.807, 2.05) is 24.4 Å². The Morgan fingerprint density at radius 1 is 1.22 bits per heavy atom. The van der Waals surface area contributed by atoms with Crippen molar-refractivity contribution < 1.29 is 0 Å². The number of fused-ring (bicyclic) bond motifs is 1. The summed E-state index contributed by atoms with van der Waals surface area (Å²) in [5, 5.41) is 3.32. The predicted octanol–water partition coefficient (Wildman–Crippen LogP) is 4.79. The van der Waals surface area contributed by atoms with Crippen LogP contribution in [0.3, 0.4) is 0 Å². The van der Waals surface area contributed by atoms with Crippen LogP contribution in [0.2, 0.25) is 0 Å². The molecule has 0 atom stereocenters. The molecule has 0 saturated heterocycles. The van der Waals surface area contributed by atoms with Crippen LogP contribution in [0, 0.1) is 6.92 Å². The van der Waals surface area contributed by atoms with E-state index in [1.54, 1.807) is 11.8 Å². The number of rotatable bonds is 2. The van der Waals surface area contributed by atoms with E-state index in [9.17, 15) is 0 Å². The van der Waals surface area contributed by atoms with E-state index in [0.29, 0.717) is 0 Å². The summed E-state index contributed by atoms with van der Waals surface area (Å²) in [4.78, 5) is 7.79. The van der Waals surface area contributed by atoms with Crippen molar-refractivity contribution >= 4 is 38.6 Å². The van der Waals surface area contributed by atoms with Gasteiger partial charge in [0.25, 0.3) is 0 Å². The quantitative estimate of drug-likeness (QED) is 0.736. The van der Waals surface area contributed by atoms with Gasteiger partial charge >= 0.3 is 0 Å². The Morgan fingerprint density at radius 2 is 2.06 bits per heavy atom. The largest absolute Gasteiger partial charge is 0.349 e. The molecular formula is C14H11BrN2S. The number of aryl methyl sites for hydroxylation is 1. The lowest BCUT2D eigenvalue weighted by atomic mass is 10.3. The average Bonchev–Trinajstić information content (AvgIpc) is 2.77. The minimum atomic E-state index is 0.988. The van der Waals surface area contributed by atoms with Gasteiger partial charge in [-0.2, -0.15) is 0 Å². The minimum absolute atomic E-state index is 0.988. The summed E-state index contributed by atoms with van der Waals surface area (Å²) < 4.78 is 1.06. The summed E-state index contributed by atoms with van der Waals surface area (Å²) >= 11 is 5.22. The highest BCUT2D eigenvalue weighted by Gasteiger charge is 2.08. The molecule has 0 unspecified atom stereocenters. The van der Waals surface area contributed by atoms with Crippen molar-refractivity contribution in [3.8, 4) is 0 Å². The third-order valence-corrected chi connectivity index (χ3v) is 4.97. The van der Waals surface area contributed by atoms with Gasteiger partial charge in [0.1, 0.15) is 5.03 Å². The molecule has 0 amide bonds. The van der Waals surface area contributed by atoms with E-state index in [2.05, 4.69) is 51.0 Å². The molecule has 0 spiro atoms. The Morgan fingerprint density at radius 3 is 2.89 bits per heavy atom. The summed E-state index contributed by atoms with van der Waals surface area (Å²) in [6, 6.07) is 12.4. The minimum Gasteiger partial charge on any atom is -0.349 e. The van der Waals surface area contributed by atoms with Crippen molar-refractivity contribution in [3.05, 3.63) is 52.6 Å². The third kappa shape index (κ3) is 2.18. The van der Waals surface area contributed by atoms with Crippen LogP contribution in [0.15, 0.2) is 57.1 Å². The number of aromatic nitrogens is 2. The average molecular weight is 319 g/mol. The second-order valence-electron chi connectivity index (χ2n) is 4.07. The maximum atomic E-state index is 4.40. The Labute approximate surface area is 118 Å². The van der Waals surface area contributed by atoms with Crippen LogP contribution in [0.5, 0.6) is 0 Å². The highest BCUT2D eigenvalue weighted by molar-refractivity contribution is 9.10. The molecule has 0 saturated carbocycles. The molecule has 0 fully saturated rings. The first kappa shape index (κ1) is 11.8. The van der Waals surface area contributed by atoms with Crippen LogP contribution in [0.4, 0.5) is 0 Å². The van der Waals surface area contributed by atoms with E-state index in [-0.39, 0.29) is 0 Å². The van der Waals surface area contributed by atoms with Gasteiger partial charge in [0.15, 0.2) is 0 Å². The fourth-order valence-corrected chi connectivity index (χ4v) is 3.19. The highest BCUT2D eigenvalue weighted by atomic mass is 79.9. The van der Waals surface area contributed by atoms with Crippen molar-refractivity contribution in [2.45, 2.75) is 17.0 Å². The molecule has 0 radical (unpaired) electrons. The van der Waals surface area contributed by atoms with Gasteiger partial charge in [-0.3, -0.25) is 0 Å². The lowest BCUT2D eigenvalue weighted by Gasteiger charge is -2.03. The summed E-state index contributed by atoms with van der Waals surface area (Å²) in [7, 11) is 0. The van der Waals surface area contributed by atoms with Crippen molar-refractivity contribution in [2.24, 2.45) is 0 Å². The first-order valence-corrected chi connectivity index (χ1v) is 7.22. The lowest BCUT2D eigenvalue weighted by molar-refractivity contribution is 1.08. The number of halogens is 1. The molecule has 0 aliphatic heterocycles. The number of hydrogen-bond acceptors (Lipinski definition) is 2. The molecule has 3 rings (SSSR count). The van der Waals surface area contributed by atoms with E-state index < -0.39 is 0 Å². The Hall–Kier alpha value is -1.26. The van der Waals surface area contributed by atoms with E-state index in [0.717, 1.165) is 20.0 Å². The number of benzene rings is 1. The lowest BCUT2D eigenvalue weighted by Crippen LogP contribution is -1.84. The van der Waals surface area contributed by atoms with E-state index >= 15 is 0 Å². The SMILES string of the molecule is Cc1ccnc(Sc2cc3ccccc3[nH]2)c1Br. The normalized spacial score (nSPS) is 11.0. The van der Waals surface area contributed by atoms with Gasteiger partial charge in [-0.05, 0) is 46.6 Å². The zero-order valence-electron chi connectivity index (χ0n) is 9.77.